The molecule has 3 N–H and O–H groups in total. The van der Waals surface area contributed by atoms with E-state index in [9.17, 15) is 29.4 Å². The quantitative estimate of drug-likeness (QED) is 0.284. The van der Waals surface area contributed by atoms with E-state index in [0.29, 0.717) is 81.5 Å². The predicted octanol–water partition coefficient (Wildman–Crippen LogP) is 2.04. The lowest BCUT2D eigenvalue weighted by atomic mass is 10.1. The van der Waals surface area contributed by atoms with Gasteiger partial charge in [-0.3, -0.25) is 24.3 Å². The third-order valence-corrected chi connectivity index (χ3v) is 10.2. The first-order chi connectivity index (χ1) is 24.5. The van der Waals surface area contributed by atoms with Crippen molar-refractivity contribution in [3.63, 3.8) is 0 Å². The Morgan fingerprint density at radius 1 is 0.941 bits per heavy atom. The van der Waals surface area contributed by atoms with E-state index < -0.39 is 41.5 Å². The molecule has 1 aromatic heterocycles. The van der Waals surface area contributed by atoms with Gasteiger partial charge in [0.25, 0.3) is 0 Å². The summed E-state index contributed by atoms with van der Waals surface area (Å²) in [6, 6.07) is 7.52. The van der Waals surface area contributed by atoms with Crippen LogP contribution in [0.2, 0.25) is 0 Å². The molecule has 1 saturated carbocycles. The Balaban J connectivity index is 0.918. The number of halogens is 2. The van der Waals surface area contributed by atoms with Crippen LogP contribution >= 0.6 is 0 Å². The molecule has 0 bridgehead atoms. The van der Waals surface area contributed by atoms with Crippen LogP contribution in [0.25, 0.3) is 10.9 Å². The minimum Gasteiger partial charge on any atom is -0.477 e. The molecule has 1 aliphatic carbocycles. The number of anilines is 3. The molecule has 3 aliphatic heterocycles. The topological polar surface area (TPSA) is 151 Å². The molecule has 1 unspecified atom stereocenters. The van der Waals surface area contributed by atoms with Crippen molar-refractivity contribution < 1.29 is 38.1 Å². The summed E-state index contributed by atoms with van der Waals surface area (Å²) >= 11 is 0. The van der Waals surface area contributed by atoms with E-state index in [2.05, 4.69) is 10.2 Å². The fourth-order valence-corrected chi connectivity index (χ4v) is 7.20. The SMILES string of the molecule is CC(=O)NC[C@H]1CN(c2ccc(N3CCN(C(O)CN4CCN(c5cc6c(cc5F)c(=O)c(C(=O)O)cn6C5CC5)CC4)CC3)c(F)c2)C(=O)O1. The fourth-order valence-electron chi connectivity index (χ4n) is 7.20. The molecule has 2 aromatic carbocycles. The summed E-state index contributed by atoms with van der Waals surface area (Å²) < 4.78 is 37.8. The van der Waals surface area contributed by atoms with Crippen molar-refractivity contribution in [1.29, 1.82) is 0 Å². The van der Waals surface area contributed by atoms with Gasteiger partial charge >= 0.3 is 12.1 Å². The molecule has 4 aliphatic rings. The Morgan fingerprint density at radius 2 is 1.61 bits per heavy atom. The number of carbonyl (C=O) groups is 3. The number of carboxylic acid groups (broad SMARTS) is 1. The van der Waals surface area contributed by atoms with Crippen LogP contribution < -0.4 is 25.4 Å². The second-order valence-corrected chi connectivity index (χ2v) is 13.6. The first-order valence-electron chi connectivity index (χ1n) is 17.2. The Hall–Kier alpha value is -4.80. The molecule has 7 rings (SSSR count). The number of piperazine rings is 2. The van der Waals surface area contributed by atoms with Crippen LogP contribution in [0.5, 0.6) is 0 Å². The Kier molecular flexibility index (Phi) is 9.56. The smallest absolute Gasteiger partial charge is 0.414 e. The lowest BCUT2D eigenvalue weighted by Gasteiger charge is -2.41. The van der Waals surface area contributed by atoms with Crippen LogP contribution in [0.15, 0.2) is 41.3 Å². The number of aliphatic hydroxyl groups excluding tert-OH is 1. The van der Waals surface area contributed by atoms with E-state index in [1.807, 2.05) is 14.7 Å². The number of nitrogens with zero attached hydrogens (tertiary/aromatic N) is 6. The van der Waals surface area contributed by atoms with Gasteiger partial charge in [0.1, 0.15) is 29.5 Å². The minimum absolute atomic E-state index is 0.0626. The molecule has 0 spiro atoms. The first kappa shape index (κ1) is 34.6. The maximum atomic E-state index is 15.4. The molecule has 4 fully saturated rings. The van der Waals surface area contributed by atoms with Gasteiger partial charge in [-0.2, -0.15) is 0 Å². The van der Waals surface area contributed by atoms with Crippen molar-refractivity contribution in [2.24, 2.45) is 0 Å². The zero-order chi connectivity index (χ0) is 36.0. The average molecular weight is 710 g/mol. The largest absolute Gasteiger partial charge is 0.477 e. The van der Waals surface area contributed by atoms with Gasteiger partial charge in [-0.05, 0) is 43.2 Å². The Bertz CT molecular complexity index is 1910. The number of ether oxygens (including phenoxy) is 1. The summed E-state index contributed by atoms with van der Waals surface area (Å²) in [5, 5.41) is 23.3. The number of carboxylic acids is 1. The number of fused-ring (bicyclic) bond motifs is 1. The van der Waals surface area contributed by atoms with Crippen molar-refractivity contribution in [2.45, 2.75) is 38.1 Å². The standard InChI is InChI=1S/C35H41F2N7O7/c1-21(45)38-17-24-18-44(35(50)51-24)23-4-5-29(27(36)14-23)40-10-12-42(13-11-40)32(46)20-39-6-8-41(9-7-39)31-16-30-25(15-28(31)37)33(47)26(34(48)49)19-43(30)22-2-3-22/h4-5,14-16,19,22,24,32,46H,2-3,6-13,17-18,20H2,1H3,(H,38,45)(H,48,49)/t24-,32?/m0/s1. The number of hydrogen-bond acceptors (Lipinski definition) is 10. The normalized spacial score (nSPS) is 20.9. The molecule has 14 nitrogen and oxygen atoms in total. The monoisotopic (exact) mass is 709 g/mol. The molecule has 272 valence electrons. The third-order valence-electron chi connectivity index (χ3n) is 10.2. The van der Waals surface area contributed by atoms with Crippen LogP contribution in [-0.4, -0.2) is 127 Å². The van der Waals surface area contributed by atoms with E-state index in [1.54, 1.807) is 22.8 Å². The predicted molar refractivity (Wildman–Crippen MR) is 185 cm³/mol. The van der Waals surface area contributed by atoms with Gasteiger partial charge in [0.2, 0.25) is 11.3 Å². The lowest BCUT2D eigenvalue weighted by Crippen LogP contribution is -2.56. The summed E-state index contributed by atoms with van der Waals surface area (Å²) in [6.45, 7) is 6.34. The molecule has 2 atom stereocenters. The number of amides is 2. The van der Waals surface area contributed by atoms with Crippen molar-refractivity contribution in [3.8, 4) is 0 Å². The van der Waals surface area contributed by atoms with Gasteiger partial charge in [0.15, 0.2) is 0 Å². The summed E-state index contributed by atoms with van der Waals surface area (Å²) in [5.74, 6) is -2.61. The van der Waals surface area contributed by atoms with Gasteiger partial charge in [-0.25, -0.2) is 18.4 Å². The molecular formula is C35H41F2N7O7. The summed E-state index contributed by atoms with van der Waals surface area (Å²) in [7, 11) is 0. The maximum Gasteiger partial charge on any atom is 0.414 e. The van der Waals surface area contributed by atoms with Crippen molar-refractivity contribution in [2.75, 3.05) is 86.7 Å². The summed E-state index contributed by atoms with van der Waals surface area (Å²) in [4.78, 5) is 57.3. The minimum atomic E-state index is -1.33. The summed E-state index contributed by atoms with van der Waals surface area (Å²) in [6.07, 6.45) is 1.25. The van der Waals surface area contributed by atoms with E-state index in [-0.39, 0.29) is 36.0 Å². The highest BCUT2D eigenvalue weighted by atomic mass is 19.1. The van der Waals surface area contributed by atoms with Crippen LogP contribution in [0.1, 0.15) is 36.2 Å². The van der Waals surface area contributed by atoms with Crippen molar-refractivity contribution >= 4 is 45.9 Å². The van der Waals surface area contributed by atoms with Gasteiger partial charge in [0, 0.05) is 83.5 Å². The van der Waals surface area contributed by atoms with E-state index in [0.717, 1.165) is 18.9 Å². The highest BCUT2D eigenvalue weighted by Gasteiger charge is 2.34. The van der Waals surface area contributed by atoms with Crippen molar-refractivity contribution in [1.82, 2.24) is 19.7 Å². The molecule has 51 heavy (non-hydrogen) atoms. The number of nitrogens with one attached hydrogen (secondary N) is 1. The zero-order valence-electron chi connectivity index (χ0n) is 28.3. The highest BCUT2D eigenvalue weighted by molar-refractivity contribution is 5.94. The number of hydrogen-bond donors (Lipinski definition) is 3. The lowest BCUT2D eigenvalue weighted by molar-refractivity contribution is -0.119. The number of aliphatic hydroxyl groups is 1. The number of pyridine rings is 1. The van der Waals surface area contributed by atoms with Crippen molar-refractivity contribution in [3.05, 3.63) is 63.9 Å². The van der Waals surface area contributed by atoms with Gasteiger partial charge in [-0.15, -0.1) is 0 Å². The number of rotatable bonds is 10. The number of benzene rings is 2. The second kappa shape index (κ2) is 14.1. The Labute approximate surface area is 292 Å². The number of aromatic nitrogens is 1. The van der Waals surface area contributed by atoms with E-state index >= 15 is 8.78 Å². The highest BCUT2D eigenvalue weighted by Crippen LogP contribution is 2.38. The Morgan fingerprint density at radius 3 is 2.25 bits per heavy atom. The zero-order valence-corrected chi connectivity index (χ0v) is 28.3. The number of carbonyl (C=O) groups excluding carboxylic acids is 2. The first-order valence-corrected chi connectivity index (χ1v) is 17.2. The van der Waals surface area contributed by atoms with Gasteiger partial charge in [-0.1, -0.05) is 0 Å². The number of cyclic esters (lactones) is 1. The molecule has 2 amide bonds. The van der Waals surface area contributed by atoms with Crippen LogP contribution in [-0.2, 0) is 9.53 Å². The van der Waals surface area contributed by atoms with E-state index in [1.165, 1.54) is 24.1 Å². The number of aromatic carboxylic acids is 1. The molecule has 3 saturated heterocycles. The van der Waals surface area contributed by atoms with Gasteiger partial charge in [0.05, 0.1) is 35.7 Å². The molecule has 0 radical (unpaired) electrons. The third kappa shape index (κ3) is 7.21. The van der Waals surface area contributed by atoms with E-state index in [4.69, 9.17) is 4.74 Å². The second-order valence-electron chi connectivity index (χ2n) is 13.6. The van der Waals surface area contributed by atoms with Crippen LogP contribution in [0.3, 0.4) is 0 Å². The maximum absolute atomic E-state index is 15.4. The molecule has 4 heterocycles. The van der Waals surface area contributed by atoms with Crippen LogP contribution in [0, 0.1) is 11.6 Å². The molecule has 3 aromatic rings. The molecule has 16 heteroatoms. The van der Waals surface area contributed by atoms with Gasteiger partial charge < -0.3 is 34.6 Å². The average Bonchev–Trinajstić information content (AvgIpc) is 3.88. The van der Waals surface area contributed by atoms with Crippen LogP contribution in [0.4, 0.5) is 30.6 Å². The number of β-amino-alcohol motifs (C(OH)–C–C–N with tert-alkyl or cyclic N) is 1. The molecular weight excluding hydrogens is 668 g/mol. The fraction of sp³-hybridized carbons (Fsp3) is 0.486. The summed E-state index contributed by atoms with van der Waals surface area (Å²) in [5.41, 5.74) is 0.618.